The Balaban J connectivity index is 4.08. The average molecular weight is 166 g/mol. The highest BCUT2D eigenvalue weighted by Crippen LogP contribution is 2.04. The van der Waals surface area contributed by atoms with Crippen LogP contribution in [-0.2, 0) is 9.53 Å². The van der Waals surface area contributed by atoms with Crippen LogP contribution in [0.2, 0.25) is 0 Å². The fourth-order valence-electron chi connectivity index (χ4n) is 0.361. The van der Waals surface area contributed by atoms with Crippen LogP contribution in [0.4, 0.5) is 0 Å². The Bertz CT molecular complexity index is 157. The minimum absolute atomic E-state index is 0.174. The van der Waals surface area contributed by atoms with Crippen molar-refractivity contribution in [2.75, 3.05) is 7.11 Å². The Kier molecular flexibility index (Phi) is 3.79. The summed E-state index contributed by atoms with van der Waals surface area (Å²) in [6.07, 6.45) is 0. The molecule has 0 aromatic carbocycles. The van der Waals surface area contributed by atoms with Crippen LogP contribution in [0.15, 0.2) is 5.16 Å². The van der Waals surface area contributed by atoms with Gasteiger partial charge in [0, 0.05) is 0 Å². The number of carbonyl (C=O) groups is 1. The highest BCUT2D eigenvalue weighted by Gasteiger charge is 2.18. The first kappa shape index (κ1) is 9.23. The van der Waals surface area contributed by atoms with E-state index >= 15 is 0 Å². The van der Waals surface area contributed by atoms with Crippen molar-refractivity contribution >= 4 is 22.7 Å². The van der Waals surface area contributed by atoms with Gasteiger partial charge in [-0.1, -0.05) is 16.8 Å². The van der Waals surface area contributed by atoms with Crippen molar-refractivity contribution in [1.29, 1.82) is 0 Å². The lowest BCUT2D eigenvalue weighted by Gasteiger charge is -2.03. The number of methoxy groups -OCH3 is 1. The summed E-state index contributed by atoms with van der Waals surface area (Å²) in [5.74, 6) is -1.22. The maximum atomic E-state index is 10.6. The molecule has 1 atom stereocenters. The van der Waals surface area contributed by atoms with Gasteiger partial charge in [0.1, 0.15) is 5.92 Å². The summed E-state index contributed by atoms with van der Waals surface area (Å²) in [5, 5.41) is 10.6. The zero-order chi connectivity index (χ0) is 8.15. The molecule has 10 heavy (non-hydrogen) atoms. The quantitative estimate of drug-likeness (QED) is 0.285. The van der Waals surface area contributed by atoms with E-state index in [1.165, 1.54) is 14.0 Å². The molecule has 0 rings (SSSR count). The summed E-state index contributed by atoms with van der Waals surface area (Å²) in [6.45, 7) is 1.48. The Labute approximate surface area is 63.4 Å². The molecule has 1 unspecified atom stereocenters. The van der Waals surface area contributed by atoms with Crippen molar-refractivity contribution < 1.29 is 14.7 Å². The van der Waals surface area contributed by atoms with E-state index in [2.05, 4.69) is 9.89 Å². The molecule has 5 heteroatoms. The molecule has 0 heterocycles. The molecule has 1 N–H and O–H groups in total. The molecule has 0 aromatic rings. The molecular formula is C5H8ClNO3. The van der Waals surface area contributed by atoms with Gasteiger partial charge in [0.05, 0.1) is 7.11 Å². The average Bonchev–Trinajstić information content (AvgIpc) is 2.00. The standard InChI is InChI=1S/C5H8ClNO3/c1-3(4(6)7-9)5(8)10-2/h3,9H,1-2H3/b7-4-. The predicted octanol–water partition coefficient (Wildman–Crippen LogP) is 0.822. The Morgan fingerprint density at radius 3 is 2.60 bits per heavy atom. The lowest BCUT2D eigenvalue weighted by atomic mass is 10.2. The first-order valence-electron chi connectivity index (χ1n) is 2.58. The lowest BCUT2D eigenvalue weighted by Crippen LogP contribution is -2.18. The van der Waals surface area contributed by atoms with E-state index in [1.54, 1.807) is 0 Å². The summed E-state index contributed by atoms with van der Waals surface area (Å²) in [6, 6.07) is 0. The number of hydrogen-bond acceptors (Lipinski definition) is 4. The van der Waals surface area contributed by atoms with Gasteiger partial charge in [0.2, 0.25) is 0 Å². The number of rotatable bonds is 2. The van der Waals surface area contributed by atoms with Crippen LogP contribution in [0.25, 0.3) is 0 Å². The summed E-state index contributed by atoms with van der Waals surface area (Å²) in [4.78, 5) is 10.6. The first-order chi connectivity index (χ1) is 4.63. The minimum Gasteiger partial charge on any atom is -0.468 e. The van der Waals surface area contributed by atoms with Gasteiger partial charge >= 0.3 is 5.97 Å². The van der Waals surface area contributed by atoms with Crippen molar-refractivity contribution in [2.45, 2.75) is 6.92 Å². The van der Waals surface area contributed by atoms with Gasteiger partial charge in [-0.15, -0.1) is 0 Å². The molecule has 0 bridgehead atoms. The molecule has 0 aliphatic carbocycles. The van der Waals surface area contributed by atoms with Crippen LogP contribution >= 0.6 is 11.6 Å². The van der Waals surface area contributed by atoms with E-state index in [0.717, 1.165) is 0 Å². The summed E-state index contributed by atoms with van der Waals surface area (Å²) >= 11 is 5.29. The van der Waals surface area contributed by atoms with Gasteiger partial charge in [-0.2, -0.15) is 0 Å². The maximum absolute atomic E-state index is 10.6. The number of ether oxygens (including phenoxy) is 1. The fourth-order valence-corrected chi connectivity index (χ4v) is 0.450. The van der Waals surface area contributed by atoms with Gasteiger partial charge in [0.15, 0.2) is 5.17 Å². The molecule has 58 valence electrons. The van der Waals surface area contributed by atoms with Crippen LogP contribution in [0.3, 0.4) is 0 Å². The highest BCUT2D eigenvalue weighted by atomic mass is 35.5. The van der Waals surface area contributed by atoms with E-state index in [0.29, 0.717) is 0 Å². The third-order valence-corrected chi connectivity index (χ3v) is 1.41. The van der Waals surface area contributed by atoms with Crippen molar-refractivity contribution in [3.05, 3.63) is 0 Å². The second-order valence-corrected chi connectivity index (χ2v) is 2.05. The second-order valence-electron chi connectivity index (χ2n) is 1.67. The van der Waals surface area contributed by atoms with Crippen LogP contribution in [0, 0.1) is 5.92 Å². The third-order valence-electron chi connectivity index (χ3n) is 1.01. The predicted molar refractivity (Wildman–Crippen MR) is 36.3 cm³/mol. The van der Waals surface area contributed by atoms with Gasteiger partial charge in [-0.25, -0.2) is 0 Å². The van der Waals surface area contributed by atoms with Crippen LogP contribution < -0.4 is 0 Å². The van der Waals surface area contributed by atoms with E-state index in [1.807, 2.05) is 0 Å². The maximum Gasteiger partial charge on any atom is 0.315 e. The van der Waals surface area contributed by atoms with Crippen LogP contribution in [0.5, 0.6) is 0 Å². The number of halogens is 1. The lowest BCUT2D eigenvalue weighted by molar-refractivity contribution is -0.142. The largest absolute Gasteiger partial charge is 0.468 e. The zero-order valence-electron chi connectivity index (χ0n) is 5.67. The topological polar surface area (TPSA) is 58.9 Å². The molecular weight excluding hydrogens is 158 g/mol. The minimum atomic E-state index is -0.698. The van der Waals surface area contributed by atoms with Crippen molar-refractivity contribution in [3.8, 4) is 0 Å². The highest BCUT2D eigenvalue weighted by molar-refractivity contribution is 6.67. The van der Waals surface area contributed by atoms with Crippen molar-refractivity contribution in [3.63, 3.8) is 0 Å². The number of oxime groups is 1. The number of esters is 1. The van der Waals surface area contributed by atoms with Gasteiger partial charge in [-0.05, 0) is 6.92 Å². The second kappa shape index (κ2) is 4.11. The smallest absolute Gasteiger partial charge is 0.315 e. The summed E-state index contributed by atoms with van der Waals surface area (Å²) in [7, 11) is 1.24. The van der Waals surface area contributed by atoms with Crippen molar-refractivity contribution in [1.82, 2.24) is 0 Å². The normalized spacial score (nSPS) is 14.5. The third kappa shape index (κ3) is 2.23. The molecule has 0 spiro atoms. The first-order valence-corrected chi connectivity index (χ1v) is 2.96. The van der Waals surface area contributed by atoms with E-state index in [4.69, 9.17) is 16.8 Å². The van der Waals surface area contributed by atoms with E-state index in [9.17, 15) is 4.79 Å². The van der Waals surface area contributed by atoms with Gasteiger partial charge in [-0.3, -0.25) is 4.79 Å². The molecule has 0 aliphatic rings. The molecule has 0 saturated heterocycles. The van der Waals surface area contributed by atoms with E-state index in [-0.39, 0.29) is 5.17 Å². The number of hydrogen-bond donors (Lipinski definition) is 1. The number of nitrogens with zero attached hydrogens (tertiary/aromatic N) is 1. The molecule has 0 fully saturated rings. The molecule has 0 saturated carbocycles. The van der Waals surface area contributed by atoms with Crippen LogP contribution in [0.1, 0.15) is 6.92 Å². The summed E-state index contributed by atoms with van der Waals surface area (Å²) in [5.41, 5.74) is 0. The van der Waals surface area contributed by atoms with Gasteiger partial charge in [0.25, 0.3) is 0 Å². The Morgan fingerprint density at radius 2 is 2.30 bits per heavy atom. The summed E-state index contributed by atoms with van der Waals surface area (Å²) < 4.78 is 4.32. The van der Waals surface area contributed by atoms with E-state index < -0.39 is 11.9 Å². The van der Waals surface area contributed by atoms with Gasteiger partial charge < -0.3 is 9.94 Å². The zero-order valence-corrected chi connectivity index (χ0v) is 6.42. The monoisotopic (exact) mass is 165 g/mol. The number of carbonyl (C=O) groups excluding carboxylic acids is 1. The van der Waals surface area contributed by atoms with Crippen molar-refractivity contribution in [2.24, 2.45) is 11.1 Å². The Hall–Kier alpha value is -0.770. The fraction of sp³-hybridized carbons (Fsp3) is 0.600. The SMILES string of the molecule is COC(=O)C(C)/C(Cl)=N/O. The molecule has 4 nitrogen and oxygen atoms in total. The molecule has 0 aliphatic heterocycles. The molecule has 0 amide bonds. The Morgan fingerprint density at radius 1 is 1.80 bits per heavy atom. The molecule has 0 radical (unpaired) electrons. The van der Waals surface area contributed by atoms with Crippen LogP contribution in [-0.4, -0.2) is 23.5 Å². The molecule has 0 aromatic heterocycles.